The maximum Gasteiger partial charge on any atom is 0.0855 e. The zero-order valence-electron chi connectivity index (χ0n) is 11.4. The molecule has 108 valence electrons. The summed E-state index contributed by atoms with van der Waals surface area (Å²) >= 11 is 3.53. The standard InChI is InChI=1S/C17H15BrO2S/c18-10-12-9-17(11-20-12)13-5-1-3-7-15(13)21(19)16-8-4-2-6-14(16)17/h1-8,12H,9-11H2/t12-,17?,21?/m1/s1. The molecular weight excluding hydrogens is 348 g/mol. The zero-order chi connectivity index (χ0) is 14.4. The van der Waals surface area contributed by atoms with Gasteiger partial charge in [-0.1, -0.05) is 52.3 Å². The van der Waals surface area contributed by atoms with Gasteiger partial charge in [0.1, 0.15) is 0 Å². The molecule has 0 amide bonds. The van der Waals surface area contributed by atoms with Crippen molar-refractivity contribution in [3.8, 4) is 0 Å². The first-order chi connectivity index (χ1) is 10.3. The third-order valence-corrected chi connectivity index (χ3v) is 6.75. The van der Waals surface area contributed by atoms with Gasteiger partial charge in [0.25, 0.3) is 0 Å². The predicted molar refractivity (Wildman–Crippen MR) is 86.5 cm³/mol. The van der Waals surface area contributed by atoms with Crippen molar-refractivity contribution in [2.45, 2.75) is 27.7 Å². The Hall–Kier alpha value is -0.970. The maximum atomic E-state index is 12.9. The number of benzene rings is 2. The molecule has 2 heterocycles. The Kier molecular flexibility index (Phi) is 3.28. The van der Waals surface area contributed by atoms with Crippen LogP contribution in [-0.2, 0) is 21.0 Å². The van der Waals surface area contributed by atoms with E-state index in [-0.39, 0.29) is 11.5 Å². The molecule has 21 heavy (non-hydrogen) atoms. The highest BCUT2D eigenvalue weighted by atomic mass is 79.9. The highest BCUT2D eigenvalue weighted by Crippen LogP contribution is 2.50. The molecule has 1 atom stereocenters. The molecule has 0 saturated carbocycles. The second-order valence-corrected chi connectivity index (χ2v) is 7.70. The number of fused-ring (bicyclic) bond motifs is 4. The van der Waals surface area contributed by atoms with E-state index >= 15 is 0 Å². The fourth-order valence-electron chi connectivity index (χ4n) is 3.55. The molecule has 0 N–H and O–H groups in total. The summed E-state index contributed by atoms with van der Waals surface area (Å²) < 4.78 is 18.9. The third-order valence-electron chi connectivity index (χ3n) is 4.52. The van der Waals surface area contributed by atoms with Gasteiger partial charge in [0.2, 0.25) is 0 Å². The van der Waals surface area contributed by atoms with Crippen molar-refractivity contribution in [2.75, 3.05) is 11.9 Å². The Morgan fingerprint density at radius 1 is 1.10 bits per heavy atom. The predicted octanol–water partition coefficient (Wildman–Crippen LogP) is 3.64. The van der Waals surface area contributed by atoms with Gasteiger partial charge in [-0.2, -0.15) is 0 Å². The quantitative estimate of drug-likeness (QED) is 0.724. The first kappa shape index (κ1) is 13.7. The van der Waals surface area contributed by atoms with Crippen LogP contribution >= 0.6 is 15.9 Å². The van der Waals surface area contributed by atoms with Crippen LogP contribution in [0.2, 0.25) is 0 Å². The van der Waals surface area contributed by atoms with Crippen LogP contribution in [0.5, 0.6) is 0 Å². The maximum absolute atomic E-state index is 12.9. The molecule has 4 rings (SSSR count). The van der Waals surface area contributed by atoms with Crippen LogP contribution in [0, 0.1) is 0 Å². The number of alkyl halides is 1. The number of hydrogen-bond donors (Lipinski definition) is 0. The molecule has 0 radical (unpaired) electrons. The van der Waals surface area contributed by atoms with Crippen molar-refractivity contribution in [2.24, 2.45) is 0 Å². The van der Waals surface area contributed by atoms with Crippen LogP contribution in [-0.4, -0.2) is 22.2 Å². The number of rotatable bonds is 1. The highest BCUT2D eigenvalue weighted by Gasteiger charge is 2.48. The van der Waals surface area contributed by atoms with Gasteiger partial charge in [-0.25, -0.2) is 4.21 Å². The van der Waals surface area contributed by atoms with E-state index in [1.165, 1.54) is 11.1 Å². The van der Waals surface area contributed by atoms with Gasteiger partial charge < -0.3 is 4.74 Å². The summed E-state index contributed by atoms with van der Waals surface area (Å²) in [6, 6.07) is 16.2. The fourth-order valence-corrected chi connectivity index (χ4v) is 5.54. The molecule has 4 heteroatoms. The van der Waals surface area contributed by atoms with Crippen molar-refractivity contribution in [3.63, 3.8) is 0 Å². The van der Waals surface area contributed by atoms with Crippen molar-refractivity contribution in [1.29, 1.82) is 0 Å². The summed E-state index contributed by atoms with van der Waals surface area (Å²) in [7, 11) is -1.09. The van der Waals surface area contributed by atoms with E-state index in [9.17, 15) is 4.21 Å². The first-order valence-electron chi connectivity index (χ1n) is 7.04. The van der Waals surface area contributed by atoms with Crippen LogP contribution < -0.4 is 0 Å². The van der Waals surface area contributed by atoms with E-state index in [0.717, 1.165) is 21.5 Å². The van der Waals surface area contributed by atoms with E-state index in [2.05, 4.69) is 28.1 Å². The van der Waals surface area contributed by atoms with Crippen molar-refractivity contribution in [3.05, 3.63) is 59.7 Å². The molecule has 2 aromatic carbocycles. The van der Waals surface area contributed by atoms with Gasteiger partial charge in [-0.05, 0) is 29.7 Å². The Bertz CT molecular complexity index is 679. The normalized spacial score (nSPS) is 30.1. The van der Waals surface area contributed by atoms with E-state index in [0.29, 0.717) is 6.61 Å². The van der Waals surface area contributed by atoms with Crippen LogP contribution in [0.1, 0.15) is 17.5 Å². The first-order valence-corrected chi connectivity index (χ1v) is 9.32. The molecule has 1 fully saturated rings. The SMILES string of the molecule is O=S1c2ccccc2C2(CO[C@@H](CBr)C2)c2ccccc21. The number of ether oxygens (including phenoxy) is 1. The van der Waals surface area contributed by atoms with E-state index in [4.69, 9.17) is 4.74 Å². The molecule has 0 unspecified atom stereocenters. The monoisotopic (exact) mass is 362 g/mol. The Morgan fingerprint density at radius 3 is 2.19 bits per heavy atom. The van der Waals surface area contributed by atoms with Crippen LogP contribution in [0.4, 0.5) is 0 Å². The van der Waals surface area contributed by atoms with E-state index in [1.807, 2.05) is 36.4 Å². The lowest BCUT2D eigenvalue weighted by Crippen LogP contribution is -2.34. The summed E-state index contributed by atoms with van der Waals surface area (Å²) in [6.07, 6.45) is 1.14. The minimum atomic E-state index is -1.09. The molecule has 2 aliphatic rings. The third kappa shape index (κ3) is 1.89. The lowest BCUT2D eigenvalue weighted by Gasteiger charge is -2.36. The van der Waals surface area contributed by atoms with Gasteiger partial charge in [0.15, 0.2) is 0 Å². The molecule has 2 nitrogen and oxygen atoms in total. The Labute approximate surface area is 135 Å². The second-order valence-electron chi connectivity index (χ2n) is 5.63. The van der Waals surface area contributed by atoms with Crippen LogP contribution in [0.15, 0.2) is 58.3 Å². The largest absolute Gasteiger partial charge is 0.376 e. The lowest BCUT2D eigenvalue weighted by molar-refractivity contribution is 0.123. The fraction of sp³-hybridized carbons (Fsp3) is 0.294. The van der Waals surface area contributed by atoms with Gasteiger partial charge in [-0.15, -0.1) is 0 Å². The zero-order valence-corrected chi connectivity index (χ0v) is 13.8. The Morgan fingerprint density at radius 2 is 1.67 bits per heavy atom. The average molecular weight is 363 g/mol. The summed E-state index contributed by atoms with van der Waals surface area (Å²) in [4.78, 5) is 1.88. The molecule has 0 aromatic heterocycles. The molecular formula is C17H15BrO2S. The lowest BCUT2D eigenvalue weighted by atomic mass is 9.72. The van der Waals surface area contributed by atoms with Crippen LogP contribution in [0.3, 0.4) is 0 Å². The topological polar surface area (TPSA) is 26.3 Å². The minimum absolute atomic E-state index is 0.153. The van der Waals surface area contributed by atoms with Gasteiger partial charge in [0, 0.05) is 20.5 Å². The average Bonchev–Trinajstić information content (AvgIpc) is 2.98. The van der Waals surface area contributed by atoms with Gasteiger partial charge in [0.05, 0.1) is 23.5 Å². The van der Waals surface area contributed by atoms with Gasteiger partial charge >= 0.3 is 0 Å². The molecule has 2 aromatic rings. The highest BCUT2D eigenvalue weighted by molar-refractivity contribution is 9.09. The van der Waals surface area contributed by atoms with E-state index in [1.54, 1.807) is 0 Å². The number of hydrogen-bond acceptors (Lipinski definition) is 2. The molecule has 2 aliphatic heterocycles. The molecule has 1 saturated heterocycles. The van der Waals surface area contributed by atoms with Crippen molar-refractivity contribution >= 4 is 26.7 Å². The minimum Gasteiger partial charge on any atom is -0.376 e. The van der Waals surface area contributed by atoms with Crippen LogP contribution in [0.25, 0.3) is 0 Å². The van der Waals surface area contributed by atoms with Crippen molar-refractivity contribution < 1.29 is 8.95 Å². The second kappa shape index (κ2) is 5.04. The summed E-state index contributed by atoms with van der Waals surface area (Å²) in [5, 5.41) is 0.835. The smallest absolute Gasteiger partial charge is 0.0855 e. The summed E-state index contributed by atoms with van der Waals surface area (Å²) in [5.74, 6) is 0. The summed E-state index contributed by atoms with van der Waals surface area (Å²) in [5.41, 5.74) is 2.19. The molecule has 0 bridgehead atoms. The summed E-state index contributed by atoms with van der Waals surface area (Å²) in [6.45, 7) is 0.661. The Balaban J connectivity index is 1.99. The van der Waals surface area contributed by atoms with Crippen molar-refractivity contribution in [1.82, 2.24) is 0 Å². The molecule has 0 aliphatic carbocycles. The van der Waals surface area contributed by atoms with E-state index < -0.39 is 10.8 Å². The van der Waals surface area contributed by atoms with Gasteiger partial charge in [-0.3, -0.25) is 0 Å². The molecule has 1 spiro atoms. The number of halogens is 1.